The molecule has 2 amide bonds. The Bertz CT molecular complexity index is 1910. The maximum absolute atomic E-state index is 13.1. The first-order valence-corrected chi connectivity index (χ1v) is 17.3. The van der Waals surface area contributed by atoms with Crippen molar-refractivity contribution in [1.29, 1.82) is 0 Å². The molecule has 0 unspecified atom stereocenters. The number of nitrogens with one attached hydrogen (secondary N) is 2. The molecule has 2 N–H and O–H groups in total. The molecular formula is C39H40N4O6S. The Morgan fingerprint density at radius 2 is 1.50 bits per heavy atom. The van der Waals surface area contributed by atoms with Crippen molar-refractivity contribution in [3.63, 3.8) is 0 Å². The van der Waals surface area contributed by atoms with Crippen LogP contribution in [0.2, 0.25) is 0 Å². The average Bonchev–Trinajstić information content (AvgIpc) is 3.57. The first kappa shape index (κ1) is 35.7. The van der Waals surface area contributed by atoms with Gasteiger partial charge in [-0.15, -0.1) is 11.8 Å². The highest BCUT2D eigenvalue weighted by Gasteiger charge is 2.18. The van der Waals surface area contributed by atoms with Crippen molar-refractivity contribution in [1.82, 2.24) is 15.1 Å². The topological polar surface area (TPSA) is 121 Å². The number of para-hydroxylation sites is 1. The smallest absolute Gasteiger partial charge is 0.339 e. The number of nitrogens with zero attached hydrogens (tertiary/aromatic N) is 2. The lowest BCUT2D eigenvalue weighted by atomic mass is 10.1. The third-order valence-corrected chi connectivity index (χ3v) is 8.82. The number of aromatic nitrogens is 2. The molecule has 258 valence electrons. The molecule has 1 aromatic heterocycles. The molecule has 0 atom stereocenters. The van der Waals surface area contributed by atoms with Crippen LogP contribution in [0, 0.1) is 0 Å². The summed E-state index contributed by atoms with van der Waals surface area (Å²) in [5, 5.41) is 10.5. The lowest BCUT2D eigenvalue weighted by Crippen LogP contribution is -2.27. The Morgan fingerprint density at radius 1 is 0.780 bits per heavy atom. The number of anilines is 1. The van der Waals surface area contributed by atoms with Crippen molar-refractivity contribution in [3.05, 3.63) is 120 Å². The lowest BCUT2D eigenvalue weighted by Gasteiger charge is -2.11. The van der Waals surface area contributed by atoms with Crippen LogP contribution in [0.3, 0.4) is 0 Å². The van der Waals surface area contributed by atoms with Gasteiger partial charge in [-0.05, 0) is 60.4 Å². The zero-order valence-electron chi connectivity index (χ0n) is 28.3. The van der Waals surface area contributed by atoms with Crippen molar-refractivity contribution in [2.24, 2.45) is 0 Å². The van der Waals surface area contributed by atoms with Gasteiger partial charge in [-0.3, -0.25) is 9.59 Å². The zero-order valence-corrected chi connectivity index (χ0v) is 29.1. The minimum absolute atomic E-state index is 0.101. The summed E-state index contributed by atoms with van der Waals surface area (Å²) in [5.41, 5.74) is 4.90. The minimum Gasteiger partial charge on any atom is -0.493 e. The van der Waals surface area contributed by atoms with E-state index in [1.807, 2.05) is 60.7 Å². The van der Waals surface area contributed by atoms with E-state index in [0.717, 1.165) is 29.7 Å². The Hall–Kier alpha value is -5.55. The maximum Gasteiger partial charge on any atom is 0.339 e. The number of esters is 1. The van der Waals surface area contributed by atoms with Gasteiger partial charge in [-0.1, -0.05) is 74.0 Å². The third-order valence-electron chi connectivity index (χ3n) is 7.75. The van der Waals surface area contributed by atoms with Crippen molar-refractivity contribution >= 4 is 35.4 Å². The normalized spacial score (nSPS) is 10.7. The summed E-state index contributed by atoms with van der Waals surface area (Å²) in [7, 11) is 3.16. The summed E-state index contributed by atoms with van der Waals surface area (Å²) in [6.45, 7) is 2.07. The van der Waals surface area contributed by atoms with E-state index in [0.29, 0.717) is 40.9 Å². The van der Waals surface area contributed by atoms with Crippen LogP contribution in [-0.4, -0.2) is 60.7 Å². The molecule has 4 aromatic carbocycles. The highest BCUT2D eigenvalue weighted by Crippen LogP contribution is 2.28. The van der Waals surface area contributed by atoms with Gasteiger partial charge in [-0.2, -0.15) is 5.10 Å². The maximum atomic E-state index is 13.1. The summed E-state index contributed by atoms with van der Waals surface area (Å²) >= 11 is 1.22. The summed E-state index contributed by atoms with van der Waals surface area (Å²) in [6.07, 6.45) is 2.68. The van der Waals surface area contributed by atoms with Crippen LogP contribution in [0.4, 0.5) is 5.82 Å². The van der Waals surface area contributed by atoms with E-state index in [4.69, 9.17) is 19.3 Å². The van der Waals surface area contributed by atoms with E-state index in [1.165, 1.54) is 17.3 Å². The molecule has 1 heterocycles. The number of carbonyl (C=O) groups is 3. The van der Waals surface area contributed by atoms with Gasteiger partial charge in [0.15, 0.2) is 18.1 Å². The van der Waals surface area contributed by atoms with Crippen molar-refractivity contribution in [2.75, 3.05) is 38.4 Å². The predicted octanol–water partition coefficient (Wildman–Crippen LogP) is 6.76. The van der Waals surface area contributed by atoms with Gasteiger partial charge >= 0.3 is 5.97 Å². The van der Waals surface area contributed by atoms with E-state index >= 15 is 0 Å². The number of methoxy groups -OCH3 is 2. The molecule has 5 aromatic rings. The van der Waals surface area contributed by atoms with Crippen LogP contribution in [-0.2, 0) is 27.2 Å². The molecule has 0 saturated carbocycles. The molecule has 0 aliphatic rings. The number of carbonyl (C=O) groups excluding carboxylic acids is 3. The first-order chi connectivity index (χ1) is 24.4. The molecule has 0 bridgehead atoms. The van der Waals surface area contributed by atoms with Gasteiger partial charge in [0, 0.05) is 23.1 Å². The van der Waals surface area contributed by atoms with Crippen LogP contribution < -0.4 is 20.1 Å². The van der Waals surface area contributed by atoms with E-state index < -0.39 is 18.5 Å². The number of amides is 2. The van der Waals surface area contributed by atoms with E-state index in [9.17, 15) is 14.4 Å². The van der Waals surface area contributed by atoms with Gasteiger partial charge in [-0.25, -0.2) is 9.48 Å². The lowest BCUT2D eigenvalue weighted by molar-refractivity contribution is -0.119. The summed E-state index contributed by atoms with van der Waals surface area (Å²) in [6, 6.07) is 32.0. The van der Waals surface area contributed by atoms with Crippen LogP contribution >= 0.6 is 11.8 Å². The van der Waals surface area contributed by atoms with E-state index in [-0.39, 0.29) is 17.2 Å². The van der Waals surface area contributed by atoms with Gasteiger partial charge < -0.3 is 24.8 Å². The van der Waals surface area contributed by atoms with Crippen LogP contribution in [0.15, 0.2) is 108 Å². The molecule has 0 spiro atoms. The number of hydrogen-bond acceptors (Lipinski definition) is 8. The number of ether oxygens (including phenoxy) is 3. The molecular weight excluding hydrogens is 653 g/mol. The van der Waals surface area contributed by atoms with E-state index in [1.54, 1.807) is 49.2 Å². The summed E-state index contributed by atoms with van der Waals surface area (Å²) < 4.78 is 17.7. The van der Waals surface area contributed by atoms with Crippen LogP contribution in [0.5, 0.6) is 11.5 Å². The number of hydrogen-bond donors (Lipinski definition) is 2. The predicted molar refractivity (Wildman–Crippen MR) is 195 cm³/mol. The summed E-state index contributed by atoms with van der Waals surface area (Å²) in [5.74, 6) is 0.458. The monoisotopic (exact) mass is 692 g/mol. The molecule has 0 saturated heterocycles. The van der Waals surface area contributed by atoms with Gasteiger partial charge in [0.1, 0.15) is 5.82 Å². The first-order valence-electron chi connectivity index (χ1n) is 16.3. The number of benzene rings is 4. The average molecular weight is 693 g/mol. The zero-order chi connectivity index (χ0) is 35.3. The molecule has 50 heavy (non-hydrogen) atoms. The molecule has 0 aliphatic heterocycles. The fraction of sp³-hybridized carbons (Fsp3) is 0.231. The number of aryl methyl sites for hydroxylation is 1. The standard InChI is InChI=1S/C39H40N4O6S/c1-4-10-27-15-18-29(19-16-27)32-24-36(43(42-32)30-11-6-5-7-12-30)41-37(44)25-49-39(46)31-13-8-9-14-35(31)50-26-38(45)40-22-21-28-17-20-33(47-2)34(23-28)48-3/h5-9,11-20,23-24H,4,10,21-22,25-26H2,1-3H3,(H,40,45)(H,41,44). The molecule has 0 radical (unpaired) electrons. The molecule has 0 fully saturated rings. The molecule has 10 nitrogen and oxygen atoms in total. The second-order valence-electron chi connectivity index (χ2n) is 11.3. The Labute approximate surface area is 296 Å². The minimum atomic E-state index is -0.665. The largest absolute Gasteiger partial charge is 0.493 e. The summed E-state index contributed by atoms with van der Waals surface area (Å²) in [4.78, 5) is 39.3. The molecule has 5 rings (SSSR count). The molecule has 0 aliphatic carbocycles. The fourth-order valence-electron chi connectivity index (χ4n) is 5.23. The van der Waals surface area contributed by atoms with Crippen molar-refractivity contribution < 1.29 is 28.6 Å². The second-order valence-corrected chi connectivity index (χ2v) is 12.3. The molecule has 11 heteroatoms. The Kier molecular flexibility index (Phi) is 12.7. The third kappa shape index (κ3) is 9.54. The SMILES string of the molecule is CCCc1ccc(-c2cc(NC(=O)COC(=O)c3ccccc3SCC(=O)NCCc3ccc(OC)c(OC)c3)n(-c3ccccc3)n2)cc1. The highest BCUT2D eigenvalue weighted by atomic mass is 32.2. The van der Waals surface area contributed by atoms with Gasteiger partial charge in [0.25, 0.3) is 5.91 Å². The van der Waals surface area contributed by atoms with Crippen molar-refractivity contribution in [2.45, 2.75) is 31.1 Å². The van der Waals surface area contributed by atoms with Crippen LogP contribution in [0.1, 0.15) is 34.8 Å². The van der Waals surface area contributed by atoms with Gasteiger partial charge in [0.05, 0.1) is 36.9 Å². The number of rotatable bonds is 16. The number of thioether (sulfide) groups is 1. The Balaban J connectivity index is 1.16. The van der Waals surface area contributed by atoms with Crippen molar-refractivity contribution in [3.8, 4) is 28.4 Å². The Morgan fingerprint density at radius 3 is 2.24 bits per heavy atom. The quantitative estimate of drug-likeness (QED) is 0.0861. The van der Waals surface area contributed by atoms with Crippen LogP contribution in [0.25, 0.3) is 16.9 Å². The van der Waals surface area contributed by atoms with Gasteiger partial charge in [0.2, 0.25) is 5.91 Å². The highest BCUT2D eigenvalue weighted by molar-refractivity contribution is 8.00. The fourth-order valence-corrected chi connectivity index (χ4v) is 6.10. The van der Waals surface area contributed by atoms with E-state index in [2.05, 4.69) is 29.7 Å². The second kappa shape index (κ2) is 17.7.